The number of hydrogen-bond acceptors (Lipinski definition) is 6. The minimum absolute atomic E-state index is 0.0966. The van der Waals surface area contributed by atoms with Crippen molar-refractivity contribution in [2.24, 2.45) is 4.99 Å². The third kappa shape index (κ3) is 6.24. The molecule has 44 heavy (non-hydrogen) atoms. The number of rotatable bonds is 6. The van der Waals surface area contributed by atoms with Gasteiger partial charge in [-0.15, -0.1) is 5.10 Å². The molecule has 9 nitrogen and oxygen atoms in total. The summed E-state index contributed by atoms with van der Waals surface area (Å²) in [6, 6.07) is 17.1. The molecule has 1 fully saturated rings. The van der Waals surface area contributed by atoms with Crippen LogP contribution in [0.15, 0.2) is 78.0 Å². The maximum atomic E-state index is 12.9. The van der Waals surface area contributed by atoms with Gasteiger partial charge in [-0.3, -0.25) is 15.1 Å². The summed E-state index contributed by atoms with van der Waals surface area (Å²) in [5, 5.41) is 4.74. The number of alkyl halides is 3. The van der Waals surface area contributed by atoms with E-state index in [-0.39, 0.29) is 17.7 Å². The van der Waals surface area contributed by atoms with Gasteiger partial charge in [-0.1, -0.05) is 48.2 Å². The molecule has 1 saturated heterocycles. The standard InChI is InChI=1S/C31H28F3N7O2S/c1-19(20-9-11-22(12-10-20)28-35-18-40(39-28)24-15-13-23(14-16-24)31(32,33)34)37-38-29(43)36-30-41(27(42)17-44-30)26-8-4-6-21-5-2-3-7-25(21)26/h4,6,8-16,18-19,37H,2-3,5,7,17H2,1H3,(H,38,43). The van der Waals surface area contributed by atoms with E-state index in [2.05, 4.69) is 32.0 Å². The molecule has 1 unspecified atom stereocenters. The van der Waals surface area contributed by atoms with Crippen molar-refractivity contribution in [3.8, 4) is 17.1 Å². The Balaban J connectivity index is 1.08. The number of nitrogens with one attached hydrogen (secondary N) is 2. The summed E-state index contributed by atoms with van der Waals surface area (Å²) in [5.74, 6) is 0.540. The highest BCUT2D eigenvalue weighted by molar-refractivity contribution is 8.15. The molecule has 6 rings (SSSR count). The van der Waals surface area contributed by atoms with Gasteiger partial charge in [-0.25, -0.2) is 19.9 Å². The number of aliphatic imine (C=N–C) groups is 1. The second-order valence-electron chi connectivity index (χ2n) is 10.5. The number of aromatic nitrogens is 3. The number of hydrogen-bond donors (Lipinski definition) is 2. The minimum Gasteiger partial charge on any atom is -0.273 e. The first-order valence-electron chi connectivity index (χ1n) is 14.1. The van der Waals surface area contributed by atoms with Gasteiger partial charge in [0, 0.05) is 11.6 Å². The average molecular weight is 620 g/mol. The van der Waals surface area contributed by atoms with Gasteiger partial charge in [0.2, 0.25) is 5.91 Å². The zero-order valence-electron chi connectivity index (χ0n) is 23.6. The molecule has 1 aliphatic heterocycles. The van der Waals surface area contributed by atoms with Gasteiger partial charge in [0.05, 0.1) is 22.7 Å². The van der Waals surface area contributed by atoms with Crippen LogP contribution in [0.2, 0.25) is 0 Å². The predicted molar refractivity (Wildman–Crippen MR) is 162 cm³/mol. The van der Waals surface area contributed by atoms with E-state index < -0.39 is 17.8 Å². The average Bonchev–Trinajstić information content (AvgIpc) is 3.66. The molecule has 13 heteroatoms. The summed E-state index contributed by atoms with van der Waals surface area (Å²) >= 11 is 1.24. The lowest BCUT2D eigenvalue weighted by Crippen LogP contribution is -2.39. The lowest BCUT2D eigenvalue weighted by molar-refractivity contribution is -0.137. The molecule has 0 bridgehead atoms. The summed E-state index contributed by atoms with van der Waals surface area (Å²) in [5.41, 5.74) is 10.1. The van der Waals surface area contributed by atoms with Gasteiger partial charge in [0.25, 0.3) is 0 Å². The Morgan fingerprint density at radius 1 is 1.02 bits per heavy atom. The number of amides is 3. The summed E-state index contributed by atoms with van der Waals surface area (Å²) in [6.45, 7) is 1.87. The SMILES string of the molecule is CC(NNC(=O)N=C1SCC(=O)N1c1cccc2c1CCCC2)c1ccc(-c2ncn(-c3ccc(C(F)(F)F)cc3)n2)cc1. The third-order valence-electron chi connectivity index (χ3n) is 7.59. The number of anilines is 1. The number of urea groups is 1. The van der Waals surface area contributed by atoms with Crippen LogP contribution >= 0.6 is 11.8 Å². The van der Waals surface area contributed by atoms with Crippen LogP contribution in [0.4, 0.5) is 23.7 Å². The van der Waals surface area contributed by atoms with Gasteiger partial charge in [-0.05, 0) is 79.6 Å². The molecule has 0 radical (unpaired) electrons. The molecule has 1 aromatic heterocycles. The second-order valence-corrected chi connectivity index (χ2v) is 11.5. The fourth-order valence-corrected chi connectivity index (χ4v) is 6.12. The van der Waals surface area contributed by atoms with Crippen molar-refractivity contribution in [1.82, 2.24) is 25.6 Å². The van der Waals surface area contributed by atoms with Gasteiger partial charge in [0.1, 0.15) is 6.33 Å². The predicted octanol–water partition coefficient (Wildman–Crippen LogP) is 6.24. The number of halogens is 3. The van der Waals surface area contributed by atoms with Crippen molar-refractivity contribution in [1.29, 1.82) is 0 Å². The van der Waals surface area contributed by atoms with E-state index in [0.717, 1.165) is 54.6 Å². The van der Waals surface area contributed by atoms with Crippen molar-refractivity contribution in [3.63, 3.8) is 0 Å². The van der Waals surface area contributed by atoms with Crippen LogP contribution in [0.1, 0.15) is 48.1 Å². The molecule has 4 aromatic rings. The number of benzene rings is 3. The van der Waals surface area contributed by atoms with Crippen LogP contribution in [0, 0.1) is 0 Å². The van der Waals surface area contributed by atoms with Gasteiger partial charge < -0.3 is 0 Å². The number of nitrogens with zero attached hydrogens (tertiary/aromatic N) is 5. The lowest BCUT2D eigenvalue weighted by atomic mass is 9.90. The first-order valence-corrected chi connectivity index (χ1v) is 15.1. The molecule has 3 aromatic carbocycles. The van der Waals surface area contributed by atoms with E-state index >= 15 is 0 Å². The van der Waals surface area contributed by atoms with Crippen molar-refractivity contribution in [2.45, 2.75) is 44.8 Å². The number of carbonyl (C=O) groups excluding carboxylic acids is 2. The van der Waals surface area contributed by atoms with Crippen molar-refractivity contribution < 1.29 is 22.8 Å². The molecular formula is C31H28F3N7O2S. The Bertz CT molecular complexity index is 1720. The van der Waals surface area contributed by atoms with Crippen LogP contribution < -0.4 is 15.8 Å². The number of fused-ring (bicyclic) bond motifs is 1. The van der Waals surface area contributed by atoms with Crippen molar-refractivity contribution in [3.05, 3.63) is 95.3 Å². The summed E-state index contributed by atoms with van der Waals surface area (Å²) in [4.78, 5) is 35.6. The molecule has 2 aliphatic rings. The van der Waals surface area contributed by atoms with Crippen LogP contribution in [-0.4, -0.2) is 37.6 Å². The topological polar surface area (TPSA) is 105 Å². The highest BCUT2D eigenvalue weighted by Gasteiger charge is 2.33. The molecule has 1 aliphatic carbocycles. The highest BCUT2D eigenvalue weighted by atomic mass is 32.2. The first-order chi connectivity index (χ1) is 21.2. The Labute approximate surface area is 255 Å². The summed E-state index contributed by atoms with van der Waals surface area (Å²) < 4.78 is 40.0. The normalized spacial score (nSPS) is 16.7. The zero-order chi connectivity index (χ0) is 30.8. The monoisotopic (exact) mass is 619 g/mol. The van der Waals surface area contributed by atoms with E-state index in [9.17, 15) is 22.8 Å². The highest BCUT2D eigenvalue weighted by Crippen LogP contribution is 2.35. The van der Waals surface area contributed by atoms with Gasteiger partial charge >= 0.3 is 12.2 Å². The van der Waals surface area contributed by atoms with Crippen LogP contribution in [-0.2, 0) is 23.8 Å². The smallest absolute Gasteiger partial charge is 0.273 e. The maximum Gasteiger partial charge on any atom is 0.416 e. The Morgan fingerprint density at radius 3 is 2.52 bits per heavy atom. The van der Waals surface area contributed by atoms with E-state index in [4.69, 9.17) is 0 Å². The summed E-state index contributed by atoms with van der Waals surface area (Å²) in [7, 11) is 0. The molecule has 2 N–H and O–H groups in total. The number of thioether (sulfide) groups is 1. The molecular weight excluding hydrogens is 591 g/mol. The molecule has 2 heterocycles. The summed E-state index contributed by atoms with van der Waals surface area (Å²) in [6.07, 6.45) is 1.11. The second kappa shape index (κ2) is 12.2. The zero-order valence-corrected chi connectivity index (χ0v) is 24.5. The van der Waals surface area contributed by atoms with Crippen molar-refractivity contribution in [2.75, 3.05) is 10.7 Å². The molecule has 3 amide bonds. The van der Waals surface area contributed by atoms with Gasteiger partial charge in [-0.2, -0.15) is 18.2 Å². The van der Waals surface area contributed by atoms with Gasteiger partial charge in [0.15, 0.2) is 11.0 Å². The maximum absolute atomic E-state index is 12.9. The largest absolute Gasteiger partial charge is 0.416 e. The fourth-order valence-electron chi connectivity index (χ4n) is 5.26. The molecule has 1 atom stereocenters. The van der Waals surface area contributed by atoms with Crippen molar-refractivity contribution >= 4 is 34.6 Å². The van der Waals surface area contributed by atoms with E-state index in [1.165, 1.54) is 40.5 Å². The van der Waals surface area contributed by atoms with Crippen LogP contribution in [0.3, 0.4) is 0 Å². The molecule has 226 valence electrons. The minimum atomic E-state index is -4.41. The third-order valence-corrected chi connectivity index (χ3v) is 8.51. The molecule has 0 saturated carbocycles. The first kappa shape index (κ1) is 29.6. The van der Waals surface area contributed by atoms with E-state index in [1.807, 2.05) is 43.3 Å². The molecule has 0 spiro atoms. The quantitative estimate of drug-likeness (QED) is 0.248. The number of amidine groups is 1. The number of carbonyl (C=O) groups is 2. The Kier molecular flexibility index (Phi) is 8.23. The van der Waals surface area contributed by atoms with E-state index in [0.29, 0.717) is 22.2 Å². The lowest BCUT2D eigenvalue weighted by Gasteiger charge is -2.24. The Morgan fingerprint density at radius 2 is 1.77 bits per heavy atom. The number of aryl methyl sites for hydroxylation is 1. The van der Waals surface area contributed by atoms with Crippen LogP contribution in [0.5, 0.6) is 0 Å². The fraction of sp³-hybridized carbons (Fsp3) is 0.258. The number of hydrazine groups is 1. The Hall–Kier alpha value is -4.49. The van der Waals surface area contributed by atoms with E-state index in [1.54, 1.807) is 4.90 Å². The van der Waals surface area contributed by atoms with Crippen LogP contribution in [0.25, 0.3) is 17.1 Å².